The first-order valence-corrected chi connectivity index (χ1v) is 12.1. The summed E-state index contributed by atoms with van der Waals surface area (Å²) in [6.45, 7) is 3.34. The van der Waals surface area contributed by atoms with Crippen LogP contribution in [0.3, 0.4) is 0 Å². The maximum Gasteiger partial charge on any atom is 0.246 e. The highest BCUT2D eigenvalue weighted by Gasteiger charge is 2.27. The van der Waals surface area contributed by atoms with E-state index >= 15 is 0 Å². The van der Waals surface area contributed by atoms with E-state index in [0.717, 1.165) is 36.8 Å². The molecular weight excluding hydrogens is 408 g/mol. The van der Waals surface area contributed by atoms with Crippen LogP contribution in [-0.4, -0.2) is 36.0 Å². The Morgan fingerprint density at radius 3 is 2.69 bits per heavy atom. The highest BCUT2D eigenvalue weighted by Crippen LogP contribution is 2.26. The predicted molar refractivity (Wildman–Crippen MR) is 113 cm³/mol. The molecule has 0 atom stereocenters. The molecule has 0 aliphatic carbocycles. The Morgan fingerprint density at radius 1 is 1.17 bits per heavy atom. The molecule has 1 fully saturated rings. The lowest BCUT2D eigenvalue weighted by Crippen LogP contribution is -2.32. The first-order valence-electron chi connectivity index (χ1n) is 9.74. The predicted octanol–water partition coefficient (Wildman–Crippen LogP) is 4.28. The van der Waals surface area contributed by atoms with Crippen molar-refractivity contribution in [3.63, 3.8) is 0 Å². The van der Waals surface area contributed by atoms with Crippen molar-refractivity contribution in [2.75, 3.05) is 18.4 Å². The molecule has 3 aromatic rings. The fourth-order valence-corrected chi connectivity index (χ4v) is 5.82. The Hall–Kier alpha value is -2.23. The monoisotopic (exact) mass is 432 g/mol. The number of benzene rings is 1. The third-order valence-electron chi connectivity index (χ3n) is 5.06. The molecule has 0 saturated carbocycles. The number of thiophene rings is 1. The van der Waals surface area contributed by atoms with E-state index in [1.54, 1.807) is 21.7 Å². The average molecular weight is 433 g/mol. The van der Waals surface area contributed by atoms with Gasteiger partial charge in [0.05, 0.1) is 11.4 Å². The number of rotatable bonds is 6. The van der Waals surface area contributed by atoms with Crippen LogP contribution in [0.4, 0.5) is 5.69 Å². The lowest BCUT2D eigenvalue weighted by Gasteiger charge is -2.21. The van der Waals surface area contributed by atoms with Crippen LogP contribution in [0.25, 0.3) is 11.4 Å². The van der Waals surface area contributed by atoms with Gasteiger partial charge in [-0.2, -0.15) is 20.6 Å². The van der Waals surface area contributed by atoms with Crippen LogP contribution >= 0.6 is 11.3 Å². The fourth-order valence-electron chi connectivity index (χ4n) is 3.42. The smallest absolute Gasteiger partial charge is 0.246 e. The van der Waals surface area contributed by atoms with Crippen molar-refractivity contribution in [1.82, 2.24) is 14.4 Å². The average Bonchev–Trinajstić information content (AvgIpc) is 3.33. The van der Waals surface area contributed by atoms with Crippen LogP contribution in [0.5, 0.6) is 0 Å². The van der Waals surface area contributed by atoms with Gasteiger partial charge in [-0.15, -0.1) is 0 Å². The molecule has 4 rings (SSSR count). The van der Waals surface area contributed by atoms with Gasteiger partial charge in [0.25, 0.3) is 0 Å². The zero-order chi connectivity index (χ0) is 20.3. The lowest BCUT2D eigenvalue weighted by molar-refractivity contribution is 0.384. The minimum Gasteiger partial charge on any atom is -0.376 e. The normalized spacial score (nSPS) is 15.9. The van der Waals surface area contributed by atoms with E-state index < -0.39 is 10.0 Å². The molecule has 1 N–H and O–H groups in total. The van der Waals surface area contributed by atoms with Gasteiger partial charge in [-0.25, -0.2) is 8.42 Å². The van der Waals surface area contributed by atoms with Crippen molar-refractivity contribution in [2.45, 2.75) is 44.0 Å². The number of aryl methyl sites for hydroxylation is 1. The molecule has 0 spiro atoms. The van der Waals surface area contributed by atoms with Gasteiger partial charge in [0.15, 0.2) is 0 Å². The minimum absolute atomic E-state index is 0.323. The van der Waals surface area contributed by atoms with Gasteiger partial charge in [0.2, 0.25) is 21.7 Å². The Labute approximate surface area is 174 Å². The molecule has 0 amide bonds. The third-order valence-corrected chi connectivity index (χ3v) is 7.79. The summed E-state index contributed by atoms with van der Waals surface area (Å²) in [5.41, 5.74) is 2.38. The van der Waals surface area contributed by atoms with E-state index in [1.807, 2.05) is 35.9 Å². The molecule has 0 unspecified atom stereocenters. The van der Waals surface area contributed by atoms with Gasteiger partial charge in [0, 0.05) is 29.7 Å². The fraction of sp³-hybridized carbons (Fsp3) is 0.400. The summed E-state index contributed by atoms with van der Waals surface area (Å²) in [5, 5.41) is 11.1. The molecule has 1 saturated heterocycles. The van der Waals surface area contributed by atoms with Gasteiger partial charge in [-0.1, -0.05) is 24.1 Å². The topological polar surface area (TPSA) is 88.3 Å². The number of anilines is 1. The summed E-state index contributed by atoms with van der Waals surface area (Å²) >= 11 is 1.57. The molecule has 2 aromatic heterocycles. The number of nitrogens with zero attached hydrogens (tertiary/aromatic N) is 3. The van der Waals surface area contributed by atoms with Crippen LogP contribution in [0.2, 0.25) is 0 Å². The van der Waals surface area contributed by atoms with Crippen molar-refractivity contribution in [3.05, 3.63) is 46.5 Å². The van der Waals surface area contributed by atoms with E-state index in [0.29, 0.717) is 41.9 Å². The molecule has 1 aliphatic rings. The molecule has 1 aromatic carbocycles. The zero-order valence-electron chi connectivity index (χ0n) is 16.3. The SMILES string of the molecule is Cc1ccc(NCc2nc(-c3ccsc3)no2)cc1S(=O)(=O)N1CCCCCC1. The first-order chi connectivity index (χ1) is 14.0. The standard InChI is InChI=1S/C20H24N4O3S2/c1-15-6-7-17(12-18(15)29(25,26)24-9-4-2-3-5-10-24)21-13-19-22-20(23-27-19)16-8-11-28-14-16/h6-8,11-12,14,21H,2-5,9-10,13H2,1H3. The van der Waals surface area contributed by atoms with E-state index in [9.17, 15) is 8.42 Å². The van der Waals surface area contributed by atoms with Crippen molar-refractivity contribution in [3.8, 4) is 11.4 Å². The van der Waals surface area contributed by atoms with Gasteiger partial charge >= 0.3 is 0 Å². The summed E-state index contributed by atoms with van der Waals surface area (Å²) in [6, 6.07) is 7.34. The molecule has 0 bridgehead atoms. The largest absolute Gasteiger partial charge is 0.376 e. The van der Waals surface area contributed by atoms with Gasteiger partial charge in [0.1, 0.15) is 0 Å². The Bertz CT molecular complexity index is 1050. The zero-order valence-corrected chi connectivity index (χ0v) is 17.9. The second-order valence-electron chi connectivity index (χ2n) is 7.18. The molecule has 7 nitrogen and oxygen atoms in total. The summed E-state index contributed by atoms with van der Waals surface area (Å²) < 4.78 is 33.3. The summed E-state index contributed by atoms with van der Waals surface area (Å²) in [4.78, 5) is 4.74. The van der Waals surface area contributed by atoms with Gasteiger partial charge in [-0.3, -0.25) is 0 Å². The van der Waals surface area contributed by atoms with Crippen molar-refractivity contribution in [2.24, 2.45) is 0 Å². The number of hydrogen-bond acceptors (Lipinski definition) is 7. The summed E-state index contributed by atoms with van der Waals surface area (Å²) in [7, 11) is -3.50. The van der Waals surface area contributed by atoms with Crippen LogP contribution in [0, 0.1) is 6.92 Å². The van der Waals surface area contributed by atoms with E-state index in [4.69, 9.17) is 4.52 Å². The van der Waals surface area contributed by atoms with Crippen LogP contribution in [0.1, 0.15) is 37.1 Å². The number of nitrogens with one attached hydrogen (secondary N) is 1. The lowest BCUT2D eigenvalue weighted by atomic mass is 10.2. The second-order valence-corrected chi connectivity index (χ2v) is 9.86. The second kappa shape index (κ2) is 8.64. The Morgan fingerprint density at radius 2 is 1.97 bits per heavy atom. The van der Waals surface area contributed by atoms with Crippen LogP contribution in [0.15, 0.2) is 44.4 Å². The molecule has 0 radical (unpaired) electrons. The van der Waals surface area contributed by atoms with Crippen molar-refractivity contribution >= 4 is 27.0 Å². The Balaban J connectivity index is 1.49. The van der Waals surface area contributed by atoms with Gasteiger partial charge in [-0.05, 0) is 48.9 Å². The highest BCUT2D eigenvalue weighted by molar-refractivity contribution is 7.89. The third kappa shape index (κ3) is 4.52. The quantitative estimate of drug-likeness (QED) is 0.625. The minimum atomic E-state index is -3.50. The molecular formula is C20H24N4O3S2. The molecule has 3 heterocycles. The maximum atomic E-state index is 13.2. The van der Waals surface area contributed by atoms with Gasteiger partial charge < -0.3 is 9.84 Å². The van der Waals surface area contributed by atoms with Crippen molar-refractivity contribution in [1.29, 1.82) is 0 Å². The molecule has 1 aliphatic heterocycles. The highest BCUT2D eigenvalue weighted by atomic mass is 32.2. The van der Waals surface area contributed by atoms with Crippen molar-refractivity contribution < 1.29 is 12.9 Å². The van der Waals surface area contributed by atoms with E-state index in [1.165, 1.54) is 0 Å². The van der Waals surface area contributed by atoms with Crippen LogP contribution < -0.4 is 5.32 Å². The molecule has 9 heteroatoms. The van der Waals surface area contributed by atoms with E-state index in [-0.39, 0.29) is 0 Å². The molecule has 154 valence electrons. The number of sulfonamides is 1. The maximum absolute atomic E-state index is 13.2. The summed E-state index contributed by atoms with van der Waals surface area (Å²) in [6.07, 6.45) is 4.01. The number of hydrogen-bond donors (Lipinski definition) is 1. The first kappa shape index (κ1) is 20.1. The number of aromatic nitrogens is 2. The Kier molecular flexibility index (Phi) is 5.98. The van der Waals surface area contributed by atoms with Crippen LogP contribution in [-0.2, 0) is 16.6 Å². The van der Waals surface area contributed by atoms with E-state index in [2.05, 4.69) is 15.5 Å². The molecule has 29 heavy (non-hydrogen) atoms. The summed E-state index contributed by atoms with van der Waals surface area (Å²) in [5.74, 6) is 1.00.